The minimum absolute atomic E-state index is 0.0889. The summed E-state index contributed by atoms with van der Waals surface area (Å²) < 4.78 is 24.7. The molecule has 0 bridgehead atoms. The molecule has 0 amide bonds. The molecule has 2 N–H and O–H groups in total. The van der Waals surface area contributed by atoms with Crippen molar-refractivity contribution in [1.29, 1.82) is 0 Å². The van der Waals surface area contributed by atoms with Gasteiger partial charge in [0.1, 0.15) is 5.82 Å². The second-order valence-electron chi connectivity index (χ2n) is 7.22. The molecule has 0 saturated heterocycles. The number of hydrogen-bond donors (Lipinski definition) is 1. The summed E-state index contributed by atoms with van der Waals surface area (Å²) in [6.45, 7) is 4.29. The number of primary sulfonamides is 1. The third-order valence-electron chi connectivity index (χ3n) is 4.79. The number of pyridine rings is 1. The standard InChI is InChI=1S/C21H21N5O2S/c1-14(2)18-13-24-26-10-8-16(12-20(18)26)19-7-9-23-21(25-19)11-15-3-5-17(6-4-15)29(22,27)28/h3-10,12-14H,11H2,1-2H3,(H2,22,27,28). The van der Waals surface area contributed by atoms with E-state index in [-0.39, 0.29) is 4.90 Å². The van der Waals surface area contributed by atoms with Gasteiger partial charge in [0.05, 0.1) is 22.3 Å². The molecule has 0 aliphatic heterocycles. The van der Waals surface area contributed by atoms with Crippen molar-refractivity contribution < 1.29 is 8.42 Å². The van der Waals surface area contributed by atoms with Crippen molar-refractivity contribution >= 4 is 15.5 Å². The smallest absolute Gasteiger partial charge is 0.238 e. The Bertz CT molecular complexity index is 1280. The molecule has 0 spiro atoms. The van der Waals surface area contributed by atoms with Crippen LogP contribution >= 0.6 is 0 Å². The second-order valence-corrected chi connectivity index (χ2v) is 8.79. The predicted molar refractivity (Wildman–Crippen MR) is 111 cm³/mol. The van der Waals surface area contributed by atoms with Crippen molar-refractivity contribution in [1.82, 2.24) is 19.6 Å². The van der Waals surface area contributed by atoms with Crippen LogP contribution in [0, 0.1) is 0 Å². The molecule has 0 atom stereocenters. The summed E-state index contributed by atoms with van der Waals surface area (Å²) in [6, 6.07) is 12.4. The molecule has 0 unspecified atom stereocenters. The van der Waals surface area contributed by atoms with Gasteiger partial charge in [0, 0.05) is 29.9 Å². The lowest BCUT2D eigenvalue weighted by Crippen LogP contribution is -2.11. The maximum absolute atomic E-state index is 11.4. The number of nitrogens with two attached hydrogens (primary N) is 1. The van der Waals surface area contributed by atoms with Crippen molar-refractivity contribution in [2.75, 3.05) is 0 Å². The summed E-state index contributed by atoms with van der Waals surface area (Å²) in [7, 11) is -3.70. The molecule has 0 saturated carbocycles. The summed E-state index contributed by atoms with van der Waals surface area (Å²) in [5, 5.41) is 9.55. The third-order valence-corrected chi connectivity index (χ3v) is 5.72. The molecule has 3 aromatic heterocycles. The molecule has 0 aliphatic rings. The van der Waals surface area contributed by atoms with Crippen molar-refractivity contribution in [3.63, 3.8) is 0 Å². The Morgan fingerprint density at radius 3 is 2.55 bits per heavy atom. The predicted octanol–water partition coefficient (Wildman–Crippen LogP) is 3.15. The number of hydrogen-bond acceptors (Lipinski definition) is 5. The monoisotopic (exact) mass is 407 g/mol. The summed E-state index contributed by atoms with van der Waals surface area (Å²) in [5.74, 6) is 1.03. The molecular formula is C21H21N5O2S. The van der Waals surface area contributed by atoms with Gasteiger partial charge in [0.15, 0.2) is 0 Å². The van der Waals surface area contributed by atoms with Gasteiger partial charge in [-0.15, -0.1) is 0 Å². The topological polar surface area (TPSA) is 103 Å². The van der Waals surface area contributed by atoms with Crippen LogP contribution in [-0.2, 0) is 16.4 Å². The van der Waals surface area contributed by atoms with E-state index in [0.717, 1.165) is 22.3 Å². The van der Waals surface area contributed by atoms with Gasteiger partial charge < -0.3 is 0 Å². The molecule has 1 aromatic carbocycles. The number of sulfonamides is 1. The first-order valence-corrected chi connectivity index (χ1v) is 10.8. The largest absolute Gasteiger partial charge is 0.241 e. The first-order chi connectivity index (χ1) is 13.8. The van der Waals surface area contributed by atoms with Crippen LogP contribution in [0.25, 0.3) is 16.8 Å². The van der Waals surface area contributed by atoms with E-state index >= 15 is 0 Å². The van der Waals surface area contributed by atoms with Gasteiger partial charge in [-0.1, -0.05) is 26.0 Å². The fourth-order valence-electron chi connectivity index (χ4n) is 3.23. The number of aromatic nitrogens is 4. The Hall–Kier alpha value is -3.10. The fourth-order valence-corrected chi connectivity index (χ4v) is 3.74. The average Bonchev–Trinajstić information content (AvgIpc) is 3.11. The Kier molecular flexibility index (Phi) is 4.89. The zero-order valence-corrected chi connectivity index (χ0v) is 17.0. The molecule has 148 valence electrons. The van der Waals surface area contributed by atoms with Crippen LogP contribution in [0.1, 0.15) is 36.7 Å². The van der Waals surface area contributed by atoms with Gasteiger partial charge in [-0.3, -0.25) is 0 Å². The van der Waals surface area contributed by atoms with Gasteiger partial charge in [0.2, 0.25) is 10.0 Å². The van der Waals surface area contributed by atoms with E-state index in [9.17, 15) is 8.42 Å². The normalized spacial score (nSPS) is 12.0. The van der Waals surface area contributed by atoms with Crippen LogP contribution in [0.15, 0.2) is 66.0 Å². The summed E-state index contributed by atoms with van der Waals surface area (Å²) in [4.78, 5) is 9.14. The van der Waals surface area contributed by atoms with Gasteiger partial charge in [-0.25, -0.2) is 28.0 Å². The molecule has 7 nitrogen and oxygen atoms in total. The van der Waals surface area contributed by atoms with E-state index in [1.807, 2.05) is 29.0 Å². The van der Waals surface area contributed by atoms with Crippen LogP contribution in [0.4, 0.5) is 0 Å². The van der Waals surface area contributed by atoms with Crippen molar-refractivity contribution in [2.24, 2.45) is 5.14 Å². The first kappa shape index (κ1) is 19.2. The highest BCUT2D eigenvalue weighted by molar-refractivity contribution is 7.89. The number of fused-ring (bicyclic) bond motifs is 1. The molecule has 0 fully saturated rings. The van der Waals surface area contributed by atoms with E-state index in [2.05, 4.69) is 30.0 Å². The molecule has 29 heavy (non-hydrogen) atoms. The second kappa shape index (κ2) is 7.38. The number of rotatable bonds is 5. The Morgan fingerprint density at radius 1 is 1.10 bits per heavy atom. The average molecular weight is 407 g/mol. The van der Waals surface area contributed by atoms with E-state index in [1.54, 1.807) is 18.3 Å². The lowest BCUT2D eigenvalue weighted by molar-refractivity contribution is 0.598. The number of benzene rings is 1. The Labute approximate surface area is 169 Å². The zero-order valence-electron chi connectivity index (χ0n) is 16.1. The summed E-state index contributed by atoms with van der Waals surface area (Å²) in [5.41, 5.74) is 4.98. The van der Waals surface area contributed by atoms with Crippen LogP contribution in [0.3, 0.4) is 0 Å². The van der Waals surface area contributed by atoms with Gasteiger partial charge in [-0.05, 0) is 41.8 Å². The fraction of sp³-hybridized carbons (Fsp3) is 0.190. The molecule has 0 radical (unpaired) electrons. The zero-order chi connectivity index (χ0) is 20.6. The molecular weight excluding hydrogens is 386 g/mol. The Balaban J connectivity index is 1.64. The first-order valence-electron chi connectivity index (χ1n) is 9.22. The molecule has 4 rings (SSSR count). The highest BCUT2D eigenvalue weighted by atomic mass is 32.2. The van der Waals surface area contributed by atoms with E-state index in [4.69, 9.17) is 10.1 Å². The Morgan fingerprint density at radius 2 is 1.86 bits per heavy atom. The lowest BCUT2D eigenvalue weighted by atomic mass is 10.0. The maximum atomic E-state index is 11.4. The molecule has 4 aromatic rings. The van der Waals surface area contributed by atoms with Gasteiger partial charge >= 0.3 is 0 Å². The highest BCUT2D eigenvalue weighted by Crippen LogP contribution is 2.25. The van der Waals surface area contributed by atoms with Crippen LogP contribution in [0.2, 0.25) is 0 Å². The van der Waals surface area contributed by atoms with Crippen LogP contribution in [0.5, 0.6) is 0 Å². The van der Waals surface area contributed by atoms with Crippen molar-refractivity contribution in [2.45, 2.75) is 31.1 Å². The van der Waals surface area contributed by atoms with Gasteiger partial charge in [0.25, 0.3) is 0 Å². The number of nitrogens with zero attached hydrogens (tertiary/aromatic N) is 4. The quantitative estimate of drug-likeness (QED) is 0.547. The van der Waals surface area contributed by atoms with Crippen molar-refractivity contribution in [3.05, 3.63) is 78.0 Å². The van der Waals surface area contributed by atoms with E-state index in [0.29, 0.717) is 18.2 Å². The van der Waals surface area contributed by atoms with Crippen molar-refractivity contribution in [3.8, 4) is 11.3 Å². The molecule has 0 aliphatic carbocycles. The molecule has 8 heteroatoms. The molecule has 3 heterocycles. The van der Waals surface area contributed by atoms with Crippen LogP contribution < -0.4 is 5.14 Å². The lowest BCUT2D eigenvalue weighted by Gasteiger charge is -2.07. The SMILES string of the molecule is CC(C)c1cnn2ccc(-c3ccnc(Cc4ccc(S(N)(=O)=O)cc4)n3)cc12. The van der Waals surface area contributed by atoms with Gasteiger partial charge in [-0.2, -0.15) is 5.10 Å². The highest BCUT2D eigenvalue weighted by Gasteiger charge is 2.11. The van der Waals surface area contributed by atoms with E-state index < -0.39 is 10.0 Å². The summed E-state index contributed by atoms with van der Waals surface area (Å²) in [6.07, 6.45) is 6.07. The van der Waals surface area contributed by atoms with E-state index in [1.165, 1.54) is 17.7 Å². The summed E-state index contributed by atoms with van der Waals surface area (Å²) >= 11 is 0. The minimum Gasteiger partial charge on any atom is -0.241 e. The van der Waals surface area contributed by atoms with Crippen LogP contribution in [-0.4, -0.2) is 28.0 Å². The third kappa shape index (κ3) is 4.03. The minimum atomic E-state index is -3.70. The maximum Gasteiger partial charge on any atom is 0.238 e.